The van der Waals surface area contributed by atoms with Crippen LogP contribution in [0.1, 0.15) is 5.82 Å². The van der Waals surface area contributed by atoms with E-state index >= 15 is 0 Å². The number of nitrogens with zero attached hydrogens (tertiary/aromatic N) is 5. The Labute approximate surface area is 178 Å². The molecule has 5 rings (SSSR count). The fourth-order valence-corrected chi connectivity index (χ4v) is 5.58. The van der Waals surface area contributed by atoms with Gasteiger partial charge in [0.1, 0.15) is 16.5 Å². The topological polar surface area (TPSA) is 76.7 Å². The Balaban J connectivity index is 1.71. The van der Waals surface area contributed by atoms with Gasteiger partial charge in [-0.1, -0.05) is 30.3 Å². The molecular formula is C20H15N5OS3. The molecule has 0 saturated carbocycles. The smallest absolute Gasteiger partial charge is 0.197 e. The molecule has 0 spiro atoms. The van der Waals surface area contributed by atoms with E-state index in [9.17, 15) is 5.11 Å². The fraction of sp³-hybridized carbons (Fsp3) is 0.100. The van der Waals surface area contributed by atoms with Gasteiger partial charge in [0.05, 0.1) is 5.39 Å². The molecule has 0 amide bonds. The van der Waals surface area contributed by atoms with Crippen molar-refractivity contribution < 1.29 is 5.11 Å². The second kappa shape index (κ2) is 7.68. The van der Waals surface area contributed by atoms with Crippen molar-refractivity contribution >= 4 is 44.7 Å². The summed E-state index contributed by atoms with van der Waals surface area (Å²) < 4.78 is 1.79. The van der Waals surface area contributed by atoms with Gasteiger partial charge < -0.3 is 9.67 Å². The summed E-state index contributed by atoms with van der Waals surface area (Å²) in [5.74, 6) is 1.22. The summed E-state index contributed by atoms with van der Waals surface area (Å²) in [6.07, 6.45) is 0. The monoisotopic (exact) mass is 437 g/mol. The molecule has 0 aliphatic heterocycles. The second-order valence-electron chi connectivity index (χ2n) is 6.28. The van der Waals surface area contributed by atoms with Crippen LogP contribution in [0.3, 0.4) is 0 Å². The summed E-state index contributed by atoms with van der Waals surface area (Å²) >= 11 is 4.68. The number of hydrogen-bond acceptors (Lipinski definition) is 8. The van der Waals surface area contributed by atoms with Gasteiger partial charge in [-0.05, 0) is 28.8 Å². The van der Waals surface area contributed by atoms with E-state index in [2.05, 4.69) is 27.7 Å². The molecule has 1 aromatic carbocycles. The van der Waals surface area contributed by atoms with Gasteiger partial charge in [0.15, 0.2) is 16.8 Å². The average molecular weight is 438 g/mol. The lowest BCUT2D eigenvalue weighted by Gasteiger charge is -2.08. The first-order valence-corrected chi connectivity index (χ1v) is 11.4. The fourth-order valence-electron chi connectivity index (χ4n) is 2.99. The van der Waals surface area contributed by atoms with Gasteiger partial charge in [0.2, 0.25) is 0 Å². The first-order valence-electron chi connectivity index (χ1n) is 8.79. The highest BCUT2D eigenvalue weighted by molar-refractivity contribution is 7.99. The molecule has 4 heterocycles. The molecule has 0 bridgehead atoms. The van der Waals surface area contributed by atoms with E-state index in [4.69, 9.17) is 9.97 Å². The summed E-state index contributed by atoms with van der Waals surface area (Å²) in [4.78, 5) is 10.7. The van der Waals surface area contributed by atoms with Crippen molar-refractivity contribution in [3.8, 4) is 22.5 Å². The highest BCUT2D eigenvalue weighted by Crippen LogP contribution is 2.41. The van der Waals surface area contributed by atoms with Crippen LogP contribution in [-0.4, -0.2) is 29.8 Å². The van der Waals surface area contributed by atoms with Crippen molar-refractivity contribution in [3.05, 3.63) is 58.4 Å². The predicted molar refractivity (Wildman–Crippen MR) is 117 cm³/mol. The number of benzene rings is 1. The number of rotatable bonds is 5. The summed E-state index contributed by atoms with van der Waals surface area (Å²) in [7, 11) is 1.85. The van der Waals surface area contributed by atoms with Gasteiger partial charge >= 0.3 is 0 Å². The molecule has 0 atom stereocenters. The van der Waals surface area contributed by atoms with E-state index in [1.165, 1.54) is 11.8 Å². The van der Waals surface area contributed by atoms with Crippen molar-refractivity contribution in [2.45, 2.75) is 16.8 Å². The molecule has 0 radical (unpaired) electrons. The maximum Gasteiger partial charge on any atom is 0.197 e. The SMILES string of the molecule is Cn1c(CO)nnc1Sc1nc(-c2ccsc2)nc2scc(-c3ccccc3)c12. The molecule has 1 N–H and O–H groups in total. The number of thiophene rings is 2. The van der Waals surface area contributed by atoms with Crippen LogP contribution in [0.25, 0.3) is 32.7 Å². The van der Waals surface area contributed by atoms with Crippen LogP contribution in [-0.2, 0) is 13.7 Å². The predicted octanol–water partition coefficient (Wildman–Crippen LogP) is 4.86. The number of hydrogen-bond donors (Lipinski definition) is 1. The van der Waals surface area contributed by atoms with E-state index in [1.807, 2.05) is 42.1 Å². The molecule has 9 heteroatoms. The first-order chi connectivity index (χ1) is 14.2. The maximum absolute atomic E-state index is 9.44. The Bertz CT molecular complexity index is 1280. The Morgan fingerprint density at radius 3 is 2.62 bits per heavy atom. The molecule has 0 aliphatic rings. The summed E-state index contributed by atoms with van der Waals surface area (Å²) in [6.45, 7) is -0.156. The third-order valence-corrected chi connectivity index (χ3v) is 7.10. The molecule has 4 aromatic heterocycles. The van der Waals surface area contributed by atoms with Crippen molar-refractivity contribution in [2.24, 2.45) is 7.05 Å². The molecule has 144 valence electrons. The molecule has 0 unspecified atom stereocenters. The number of fused-ring (bicyclic) bond motifs is 1. The largest absolute Gasteiger partial charge is 0.388 e. The highest BCUT2D eigenvalue weighted by Gasteiger charge is 2.19. The lowest BCUT2D eigenvalue weighted by molar-refractivity contribution is 0.266. The summed E-state index contributed by atoms with van der Waals surface area (Å²) in [5.41, 5.74) is 3.23. The van der Waals surface area contributed by atoms with Crippen LogP contribution in [0.5, 0.6) is 0 Å². The van der Waals surface area contributed by atoms with Crippen LogP contribution in [0, 0.1) is 0 Å². The molecule has 6 nitrogen and oxygen atoms in total. The van der Waals surface area contributed by atoms with Crippen LogP contribution in [0.15, 0.2) is 62.7 Å². The lowest BCUT2D eigenvalue weighted by atomic mass is 10.1. The highest BCUT2D eigenvalue weighted by atomic mass is 32.2. The number of aliphatic hydroxyl groups excluding tert-OH is 1. The van der Waals surface area contributed by atoms with Crippen molar-refractivity contribution in [1.82, 2.24) is 24.7 Å². The third kappa shape index (κ3) is 3.36. The van der Waals surface area contributed by atoms with Gasteiger partial charge in [-0.15, -0.1) is 21.5 Å². The lowest BCUT2D eigenvalue weighted by Crippen LogP contribution is -1.99. The minimum Gasteiger partial charge on any atom is -0.388 e. The number of aromatic nitrogens is 5. The zero-order valence-corrected chi connectivity index (χ0v) is 17.8. The van der Waals surface area contributed by atoms with Gasteiger partial charge in [0.25, 0.3) is 0 Å². The van der Waals surface area contributed by atoms with E-state index in [-0.39, 0.29) is 6.61 Å². The molecule has 0 fully saturated rings. The molecule has 29 heavy (non-hydrogen) atoms. The second-order valence-corrected chi connectivity index (χ2v) is 8.87. The van der Waals surface area contributed by atoms with Crippen LogP contribution < -0.4 is 0 Å². The third-order valence-electron chi connectivity index (χ3n) is 4.52. The molecule has 5 aromatic rings. The molecule has 0 saturated heterocycles. The zero-order valence-electron chi connectivity index (χ0n) is 15.3. The average Bonchev–Trinajstić information content (AvgIpc) is 3.49. The van der Waals surface area contributed by atoms with Crippen LogP contribution in [0.2, 0.25) is 0 Å². The Morgan fingerprint density at radius 2 is 1.90 bits per heavy atom. The summed E-state index contributed by atoms with van der Waals surface area (Å²) in [5, 5.41) is 26.4. The van der Waals surface area contributed by atoms with Gasteiger partial charge in [-0.25, -0.2) is 9.97 Å². The van der Waals surface area contributed by atoms with Gasteiger partial charge in [0, 0.05) is 28.9 Å². The van der Waals surface area contributed by atoms with Crippen LogP contribution in [0.4, 0.5) is 0 Å². The Kier molecular flexibility index (Phi) is 4.88. The van der Waals surface area contributed by atoms with E-state index in [1.54, 1.807) is 27.2 Å². The normalized spacial score (nSPS) is 11.4. The van der Waals surface area contributed by atoms with E-state index in [0.29, 0.717) is 16.8 Å². The van der Waals surface area contributed by atoms with Crippen LogP contribution >= 0.6 is 34.4 Å². The van der Waals surface area contributed by atoms with E-state index in [0.717, 1.165) is 31.9 Å². The minimum atomic E-state index is -0.156. The van der Waals surface area contributed by atoms with Crippen molar-refractivity contribution in [2.75, 3.05) is 0 Å². The molecule has 0 aliphatic carbocycles. The zero-order chi connectivity index (χ0) is 19.8. The molecular weight excluding hydrogens is 422 g/mol. The van der Waals surface area contributed by atoms with Gasteiger partial charge in [-0.2, -0.15) is 11.3 Å². The quantitative estimate of drug-likeness (QED) is 0.396. The maximum atomic E-state index is 9.44. The number of aliphatic hydroxyl groups is 1. The Hall–Kier alpha value is -2.59. The van der Waals surface area contributed by atoms with Crippen molar-refractivity contribution in [3.63, 3.8) is 0 Å². The van der Waals surface area contributed by atoms with Crippen molar-refractivity contribution in [1.29, 1.82) is 0 Å². The Morgan fingerprint density at radius 1 is 1.03 bits per heavy atom. The van der Waals surface area contributed by atoms with Gasteiger partial charge in [-0.3, -0.25) is 0 Å². The first kappa shape index (κ1) is 18.4. The summed E-state index contributed by atoms with van der Waals surface area (Å²) in [6, 6.07) is 12.3. The minimum absolute atomic E-state index is 0.156. The standard InChI is InChI=1S/C20H15N5OS3/c1-25-15(9-26)23-24-20(25)29-19-16-14(12-5-3-2-4-6-12)11-28-18(16)21-17(22-19)13-7-8-27-10-13/h2-8,10-11,26H,9H2,1H3. The van der Waals surface area contributed by atoms with E-state index < -0.39 is 0 Å².